The molecule has 0 aliphatic heterocycles. The van der Waals surface area contributed by atoms with Gasteiger partial charge in [-0.15, -0.1) is 0 Å². The number of benzene rings is 1. The first-order chi connectivity index (χ1) is 9.67. The van der Waals surface area contributed by atoms with Crippen molar-refractivity contribution in [2.24, 2.45) is 17.8 Å². The van der Waals surface area contributed by atoms with E-state index in [-0.39, 0.29) is 5.91 Å². The van der Waals surface area contributed by atoms with Crippen LogP contribution in [0.5, 0.6) is 0 Å². The zero-order valence-corrected chi connectivity index (χ0v) is 12.6. The zero-order chi connectivity index (χ0) is 14.1. The van der Waals surface area contributed by atoms with Crippen LogP contribution in [0.25, 0.3) is 0 Å². The highest BCUT2D eigenvalue weighted by molar-refractivity contribution is 5.92. The van der Waals surface area contributed by atoms with E-state index in [2.05, 4.69) is 37.4 Å². The van der Waals surface area contributed by atoms with Crippen LogP contribution in [0.3, 0.4) is 0 Å². The van der Waals surface area contributed by atoms with Gasteiger partial charge in [0, 0.05) is 12.1 Å². The molecule has 0 radical (unpaired) electrons. The second-order valence-corrected chi connectivity index (χ2v) is 6.65. The Morgan fingerprint density at radius 3 is 2.80 bits per heavy atom. The summed E-state index contributed by atoms with van der Waals surface area (Å²) in [6, 6.07) is 6.26. The predicted octanol–water partition coefficient (Wildman–Crippen LogP) is 4.32. The van der Waals surface area contributed by atoms with E-state index in [0.717, 1.165) is 30.4 Å². The summed E-state index contributed by atoms with van der Waals surface area (Å²) in [6.07, 6.45) is 7.10. The minimum Gasteiger partial charge on any atom is -0.326 e. The van der Waals surface area contributed by atoms with Crippen LogP contribution < -0.4 is 5.32 Å². The van der Waals surface area contributed by atoms with E-state index in [9.17, 15) is 4.79 Å². The van der Waals surface area contributed by atoms with Gasteiger partial charge in [0.25, 0.3) is 0 Å². The number of hydrogen-bond acceptors (Lipinski definition) is 1. The molecule has 108 valence electrons. The van der Waals surface area contributed by atoms with Crippen LogP contribution in [0.4, 0.5) is 5.69 Å². The van der Waals surface area contributed by atoms with Crippen LogP contribution in [0.2, 0.25) is 0 Å². The third-order valence-electron chi connectivity index (χ3n) is 5.34. The Balaban J connectivity index is 1.64. The van der Waals surface area contributed by atoms with Gasteiger partial charge >= 0.3 is 0 Å². The number of hydrogen-bond donors (Lipinski definition) is 1. The maximum atomic E-state index is 12.4. The summed E-state index contributed by atoms with van der Waals surface area (Å²) in [5, 5.41) is 3.18. The number of carbonyl (C=O) groups is 1. The first kappa shape index (κ1) is 13.7. The summed E-state index contributed by atoms with van der Waals surface area (Å²) >= 11 is 0. The van der Waals surface area contributed by atoms with Gasteiger partial charge in [-0.3, -0.25) is 4.79 Å². The molecule has 2 heteroatoms. The third kappa shape index (κ3) is 2.61. The Morgan fingerprint density at radius 2 is 2.15 bits per heavy atom. The lowest BCUT2D eigenvalue weighted by atomic mass is 9.86. The number of aryl methyl sites for hydroxylation is 2. The molecule has 2 aliphatic rings. The third-order valence-corrected chi connectivity index (χ3v) is 5.34. The fraction of sp³-hybridized carbons (Fsp3) is 0.611. The van der Waals surface area contributed by atoms with Gasteiger partial charge in [-0.25, -0.2) is 0 Å². The lowest BCUT2D eigenvalue weighted by molar-refractivity contribution is -0.117. The fourth-order valence-corrected chi connectivity index (χ4v) is 4.26. The van der Waals surface area contributed by atoms with Crippen molar-refractivity contribution in [3.8, 4) is 0 Å². The molecule has 3 atom stereocenters. The first-order valence-corrected chi connectivity index (χ1v) is 8.05. The Hall–Kier alpha value is -1.31. The molecule has 2 saturated carbocycles. The lowest BCUT2D eigenvalue weighted by Crippen LogP contribution is -2.21. The number of anilines is 1. The van der Waals surface area contributed by atoms with Crippen molar-refractivity contribution in [1.82, 2.24) is 0 Å². The molecule has 0 unspecified atom stereocenters. The molecule has 0 aromatic heterocycles. The maximum Gasteiger partial charge on any atom is 0.224 e. The number of fused-ring (bicyclic) bond motifs is 2. The molecule has 2 bridgehead atoms. The van der Waals surface area contributed by atoms with Crippen LogP contribution in [-0.2, 0) is 11.2 Å². The van der Waals surface area contributed by atoms with Crippen molar-refractivity contribution >= 4 is 11.6 Å². The van der Waals surface area contributed by atoms with Gasteiger partial charge in [0.1, 0.15) is 0 Å². The van der Waals surface area contributed by atoms with E-state index < -0.39 is 0 Å². The number of amides is 1. The summed E-state index contributed by atoms with van der Waals surface area (Å²) in [6.45, 7) is 4.21. The highest BCUT2D eigenvalue weighted by Gasteiger charge is 2.40. The summed E-state index contributed by atoms with van der Waals surface area (Å²) in [7, 11) is 0. The van der Waals surface area contributed by atoms with E-state index >= 15 is 0 Å². The molecule has 1 aromatic rings. The SMILES string of the molecule is CCc1cccc(C)c1NC(=O)C[C@@H]1C[C@H]2CC[C@@H]1C2. The number of nitrogens with one attached hydrogen (secondary N) is 1. The number of carbonyl (C=O) groups excluding carboxylic acids is 1. The average Bonchev–Trinajstić information content (AvgIpc) is 3.03. The van der Waals surface area contributed by atoms with Crippen LogP contribution in [0, 0.1) is 24.7 Å². The van der Waals surface area contributed by atoms with Gasteiger partial charge in [0.2, 0.25) is 5.91 Å². The van der Waals surface area contributed by atoms with Crippen molar-refractivity contribution in [3.63, 3.8) is 0 Å². The van der Waals surface area contributed by atoms with Crippen molar-refractivity contribution in [2.75, 3.05) is 5.32 Å². The van der Waals surface area contributed by atoms with Gasteiger partial charge in [-0.2, -0.15) is 0 Å². The highest BCUT2D eigenvalue weighted by atomic mass is 16.1. The molecule has 0 saturated heterocycles. The molecule has 3 rings (SSSR count). The Labute approximate surface area is 122 Å². The Kier molecular flexibility index (Phi) is 3.82. The minimum absolute atomic E-state index is 0.214. The molecule has 2 fully saturated rings. The minimum atomic E-state index is 0.214. The number of para-hydroxylation sites is 1. The van der Waals surface area contributed by atoms with E-state index in [1.807, 2.05) is 0 Å². The second kappa shape index (κ2) is 5.59. The fourth-order valence-electron chi connectivity index (χ4n) is 4.26. The Morgan fingerprint density at radius 1 is 1.30 bits per heavy atom. The summed E-state index contributed by atoms with van der Waals surface area (Å²) < 4.78 is 0. The van der Waals surface area contributed by atoms with Gasteiger partial charge in [0.15, 0.2) is 0 Å². The van der Waals surface area contributed by atoms with Crippen molar-refractivity contribution in [1.29, 1.82) is 0 Å². The monoisotopic (exact) mass is 271 g/mol. The topological polar surface area (TPSA) is 29.1 Å². The van der Waals surface area contributed by atoms with Crippen LogP contribution in [0.1, 0.15) is 50.2 Å². The average molecular weight is 271 g/mol. The molecule has 1 N–H and O–H groups in total. The second-order valence-electron chi connectivity index (χ2n) is 6.65. The lowest BCUT2D eigenvalue weighted by Gasteiger charge is -2.21. The molecule has 20 heavy (non-hydrogen) atoms. The van der Waals surface area contributed by atoms with Crippen LogP contribution in [-0.4, -0.2) is 5.91 Å². The van der Waals surface area contributed by atoms with Gasteiger partial charge in [0.05, 0.1) is 0 Å². The van der Waals surface area contributed by atoms with Crippen LogP contribution in [0.15, 0.2) is 18.2 Å². The van der Waals surface area contributed by atoms with Crippen molar-refractivity contribution in [2.45, 2.75) is 52.4 Å². The summed E-state index contributed by atoms with van der Waals surface area (Å²) in [4.78, 5) is 12.4. The molecular formula is C18H25NO. The maximum absolute atomic E-state index is 12.4. The summed E-state index contributed by atoms with van der Waals surface area (Å²) in [5.74, 6) is 2.60. The normalized spacial score (nSPS) is 27.8. The molecule has 0 spiro atoms. The smallest absolute Gasteiger partial charge is 0.224 e. The van der Waals surface area contributed by atoms with E-state index in [1.54, 1.807) is 0 Å². The first-order valence-electron chi connectivity index (χ1n) is 8.05. The van der Waals surface area contributed by atoms with Gasteiger partial charge in [-0.05, 0) is 61.5 Å². The molecule has 1 aromatic carbocycles. The predicted molar refractivity (Wildman–Crippen MR) is 82.7 cm³/mol. The number of rotatable bonds is 4. The van der Waals surface area contributed by atoms with Crippen LogP contribution >= 0.6 is 0 Å². The van der Waals surface area contributed by atoms with Gasteiger partial charge < -0.3 is 5.32 Å². The largest absolute Gasteiger partial charge is 0.326 e. The molecule has 2 nitrogen and oxygen atoms in total. The molecule has 2 aliphatic carbocycles. The quantitative estimate of drug-likeness (QED) is 0.868. The van der Waals surface area contributed by atoms with E-state index in [4.69, 9.17) is 0 Å². The van der Waals surface area contributed by atoms with E-state index in [0.29, 0.717) is 5.92 Å². The van der Waals surface area contributed by atoms with Gasteiger partial charge in [-0.1, -0.05) is 31.5 Å². The summed E-state index contributed by atoms with van der Waals surface area (Å²) in [5.41, 5.74) is 3.46. The standard InChI is InChI=1S/C18H25NO/c1-3-14-6-4-5-12(2)18(14)19-17(20)11-16-10-13-7-8-15(16)9-13/h4-6,13,15-16H,3,7-11H2,1-2H3,(H,19,20)/t13-,15+,16-/m0/s1. The highest BCUT2D eigenvalue weighted by Crippen LogP contribution is 2.49. The van der Waals surface area contributed by atoms with Crippen molar-refractivity contribution < 1.29 is 4.79 Å². The molecule has 1 amide bonds. The molecule has 0 heterocycles. The molecular weight excluding hydrogens is 246 g/mol. The van der Waals surface area contributed by atoms with Crippen molar-refractivity contribution in [3.05, 3.63) is 29.3 Å². The Bertz CT molecular complexity index is 508. The van der Waals surface area contributed by atoms with E-state index in [1.165, 1.54) is 36.8 Å². The zero-order valence-electron chi connectivity index (χ0n) is 12.6.